The Bertz CT molecular complexity index is 1580. The van der Waals surface area contributed by atoms with Crippen LogP contribution in [0.2, 0.25) is 0 Å². The Morgan fingerprint density at radius 3 is 2.64 bits per heavy atom. The van der Waals surface area contributed by atoms with Crippen molar-refractivity contribution in [2.24, 2.45) is 5.41 Å². The molecule has 6 nitrogen and oxygen atoms in total. The van der Waals surface area contributed by atoms with Gasteiger partial charge in [-0.1, -0.05) is 73.7 Å². The highest BCUT2D eigenvalue weighted by atomic mass is 32.1. The summed E-state index contributed by atoms with van der Waals surface area (Å²) in [7, 11) is 0. The Labute approximate surface area is 214 Å². The molecular formula is C29H26N6S. The van der Waals surface area contributed by atoms with Crippen molar-refractivity contribution >= 4 is 34.3 Å². The van der Waals surface area contributed by atoms with Crippen molar-refractivity contribution in [2.45, 2.75) is 26.7 Å². The number of nitrogens with one attached hydrogen (secondary N) is 1. The fourth-order valence-corrected chi connectivity index (χ4v) is 5.19. The van der Waals surface area contributed by atoms with Crippen LogP contribution in [0.15, 0.2) is 95.7 Å². The molecule has 3 aromatic heterocycles. The summed E-state index contributed by atoms with van der Waals surface area (Å²) in [6.07, 6.45) is 7.97. The number of thiophene rings is 1. The third-order valence-electron chi connectivity index (χ3n) is 6.26. The minimum atomic E-state index is 0.210. The Hall–Kier alpha value is -4.10. The van der Waals surface area contributed by atoms with Crippen LogP contribution in [0.3, 0.4) is 0 Å². The van der Waals surface area contributed by atoms with Gasteiger partial charge in [0.05, 0.1) is 17.4 Å². The van der Waals surface area contributed by atoms with Gasteiger partial charge < -0.3 is 5.32 Å². The first kappa shape index (κ1) is 22.4. The Kier molecular flexibility index (Phi) is 5.70. The molecule has 0 spiro atoms. The first-order chi connectivity index (χ1) is 17.5. The standard InChI is InChI=1S/C29H26N6S/c1-29(2)17-21(18-29)24(16-22-11-8-14-36-22)32-28-25(15-20-9-4-3-5-10-20)31-27(19-30-28)35-26-13-7-6-12-23(26)33-34-35/h3-14,16-17,19H,15,18H2,1-2H3,(H,30,32)/b24-16-. The number of fused-ring (bicyclic) bond motifs is 1. The van der Waals surface area contributed by atoms with Crippen molar-refractivity contribution in [3.8, 4) is 5.82 Å². The van der Waals surface area contributed by atoms with E-state index in [0.717, 1.165) is 34.7 Å². The molecule has 0 fully saturated rings. The number of nitrogens with zero attached hydrogens (tertiary/aromatic N) is 5. The van der Waals surface area contributed by atoms with Gasteiger partial charge in [-0.15, -0.1) is 16.4 Å². The van der Waals surface area contributed by atoms with Gasteiger partial charge in [-0.2, -0.15) is 4.68 Å². The number of allylic oxidation sites excluding steroid dienone is 2. The summed E-state index contributed by atoms with van der Waals surface area (Å²) in [5, 5.41) is 14.4. The molecule has 178 valence electrons. The number of hydrogen-bond acceptors (Lipinski definition) is 6. The monoisotopic (exact) mass is 490 g/mol. The van der Waals surface area contributed by atoms with Crippen molar-refractivity contribution in [1.29, 1.82) is 0 Å². The summed E-state index contributed by atoms with van der Waals surface area (Å²) in [6.45, 7) is 4.52. The molecule has 6 rings (SSSR count). The first-order valence-corrected chi connectivity index (χ1v) is 12.9. The number of anilines is 1. The summed E-state index contributed by atoms with van der Waals surface area (Å²) < 4.78 is 1.75. The third-order valence-corrected chi connectivity index (χ3v) is 7.07. The second-order valence-electron chi connectivity index (χ2n) is 9.71. The van der Waals surface area contributed by atoms with Gasteiger partial charge in [-0.3, -0.25) is 0 Å². The molecule has 1 N–H and O–H groups in total. The van der Waals surface area contributed by atoms with Crippen LogP contribution < -0.4 is 5.32 Å². The molecule has 0 amide bonds. The van der Waals surface area contributed by atoms with E-state index >= 15 is 0 Å². The fraction of sp³-hybridized carbons (Fsp3) is 0.172. The Morgan fingerprint density at radius 1 is 1.06 bits per heavy atom. The fourth-order valence-electron chi connectivity index (χ4n) is 4.53. The summed E-state index contributed by atoms with van der Waals surface area (Å²) in [4.78, 5) is 11.1. The quantitative estimate of drug-likeness (QED) is 0.276. The minimum absolute atomic E-state index is 0.210. The van der Waals surface area contributed by atoms with Gasteiger partial charge in [-0.25, -0.2) is 9.97 Å². The summed E-state index contributed by atoms with van der Waals surface area (Å²) in [5.74, 6) is 1.40. The summed E-state index contributed by atoms with van der Waals surface area (Å²) in [6, 6.07) is 22.4. The first-order valence-electron chi connectivity index (χ1n) is 12.0. The van der Waals surface area contributed by atoms with E-state index in [1.165, 1.54) is 16.0 Å². The topological polar surface area (TPSA) is 68.5 Å². The van der Waals surface area contributed by atoms with Gasteiger partial charge in [0.2, 0.25) is 0 Å². The minimum Gasteiger partial charge on any atom is -0.338 e. The highest BCUT2D eigenvalue weighted by molar-refractivity contribution is 7.10. The molecule has 0 aliphatic heterocycles. The normalized spacial score (nSPS) is 14.9. The maximum absolute atomic E-state index is 5.03. The Balaban J connectivity index is 1.42. The van der Waals surface area contributed by atoms with Crippen molar-refractivity contribution < 1.29 is 0 Å². The molecular weight excluding hydrogens is 464 g/mol. The molecule has 0 radical (unpaired) electrons. The zero-order chi connectivity index (χ0) is 24.5. The lowest BCUT2D eigenvalue weighted by atomic mass is 9.73. The van der Waals surface area contributed by atoms with Gasteiger partial charge in [-0.05, 0) is 52.6 Å². The van der Waals surface area contributed by atoms with Crippen LogP contribution in [0.4, 0.5) is 5.82 Å². The average Bonchev–Trinajstić information content (AvgIpc) is 3.54. The summed E-state index contributed by atoms with van der Waals surface area (Å²) >= 11 is 1.72. The number of hydrogen-bond donors (Lipinski definition) is 1. The van der Waals surface area contributed by atoms with Crippen LogP contribution >= 0.6 is 11.3 Å². The van der Waals surface area contributed by atoms with E-state index in [9.17, 15) is 0 Å². The van der Waals surface area contributed by atoms with Gasteiger partial charge in [0.1, 0.15) is 5.52 Å². The van der Waals surface area contributed by atoms with Gasteiger partial charge in [0, 0.05) is 17.0 Å². The largest absolute Gasteiger partial charge is 0.338 e. The zero-order valence-electron chi connectivity index (χ0n) is 20.2. The maximum atomic E-state index is 5.03. The zero-order valence-corrected chi connectivity index (χ0v) is 21.0. The second kappa shape index (κ2) is 9.17. The van der Waals surface area contributed by atoms with E-state index in [1.807, 2.05) is 42.5 Å². The molecule has 5 aromatic rings. The van der Waals surface area contributed by atoms with E-state index < -0.39 is 0 Å². The van der Waals surface area contributed by atoms with Crippen molar-refractivity contribution in [2.75, 3.05) is 5.32 Å². The molecule has 0 unspecified atom stereocenters. The van der Waals surface area contributed by atoms with E-state index in [-0.39, 0.29) is 5.41 Å². The molecule has 2 aromatic carbocycles. The van der Waals surface area contributed by atoms with E-state index in [2.05, 4.69) is 71.3 Å². The molecule has 7 heteroatoms. The van der Waals surface area contributed by atoms with Crippen molar-refractivity contribution in [3.05, 3.63) is 112 Å². The molecule has 1 aliphatic rings. The van der Waals surface area contributed by atoms with Gasteiger partial charge >= 0.3 is 0 Å². The lowest BCUT2D eigenvalue weighted by molar-refractivity contribution is 0.424. The van der Waals surface area contributed by atoms with Crippen LogP contribution in [-0.4, -0.2) is 25.0 Å². The maximum Gasteiger partial charge on any atom is 0.174 e. The van der Waals surface area contributed by atoms with Crippen molar-refractivity contribution in [1.82, 2.24) is 25.0 Å². The predicted molar refractivity (Wildman–Crippen MR) is 146 cm³/mol. The van der Waals surface area contributed by atoms with Crippen LogP contribution in [0.25, 0.3) is 22.9 Å². The third kappa shape index (κ3) is 4.57. The number of benzene rings is 2. The number of aromatic nitrogens is 5. The average molecular weight is 491 g/mol. The van der Waals surface area contributed by atoms with Crippen LogP contribution in [-0.2, 0) is 6.42 Å². The molecule has 0 saturated carbocycles. The Morgan fingerprint density at radius 2 is 1.86 bits per heavy atom. The van der Waals surface area contributed by atoms with Crippen LogP contribution in [0.1, 0.15) is 36.4 Å². The van der Waals surface area contributed by atoms with Gasteiger partial charge in [0.15, 0.2) is 11.6 Å². The van der Waals surface area contributed by atoms with E-state index in [1.54, 1.807) is 22.2 Å². The van der Waals surface area contributed by atoms with Crippen molar-refractivity contribution in [3.63, 3.8) is 0 Å². The molecule has 0 atom stereocenters. The number of rotatable bonds is 7. The molecule has 1 aliphatic carbocycles. The molecule has 0 bridgehead atoms. The summed E-state index contributed by atoms with van der Waals surface area (Å²) in [5.41, 5.74) is 6.33. The lowest BCUT2D eigenvalue weighted by Gasteiger charge is -2.34. The predicted octanol–water partition coefficient (Wildman–Crippen LogP) is 6.67. The number of para-hydroxylation sites is 1. The van der Waals surface area contributed by atoms with E-state index in [0.29, 0.717) is 12.2 Å². The SMILES string of the molecule is CC1(C)C=C(/C(=C/c2cccs2)Nc2ncc(-n3nnc4ccccc43)nc2Cc2ccccc2)C1. The highest BCUT2D eigenvalue weighted by Crippen LogP contribution is 2.42. The van der Waals surface area contributed by atoms with E-state index in [4.69, 9.17) is 9.97 Å². The molecule has 0 saturated heterocycles. The second-order valence-corrected chi connectivity index (χ2v) is 10.7. The molecule has 3 heterocycles. The lowest BCUT2D eigenvalue weighted by Crippen LogP contribution is -2.23. The molecule has 36 heavy (non-hydrogen) atoms. The highest BCUT2D eigenvalue weighted by Gasteiger charge is 2.29. The van der Waals surface area contributed by atoms with Gasteiger partial charge in [0.25, 0.3) is 0 Å². The van der Waals surface area contributed by atoms with Crippen LogP contribution in [0, 0.1) is 5.41 Å². The van der Waals surface area contributed by atoms with Crippen LogP contribution in [0.5, 0.6) is 0 Å². The smallest absolute Gasteiger partial charge is 0.174 e.